The highest BCUT2D eigenvalue weighted by molar-refractivity contribution is 5.93. The largest absolute Gasteiger partial charge is 0.508 e. The van der Waals surface area contributed by atoms with Crippen molar-refractivity contribution >= 4 is 5.91 Å². The molecule has 1 saturated heterocycles. The molecule has 3 aromatic rings. The molecule has 2 heterocycles. The number of rotatable bonds is 7. The maximum Gasteiger partial charge on any atom is 0.273 e. The van der Waals surface area contributed by atoms with E-state index in [1.54, 1.807) is 24.3 Å². The number of hydrogen-bond donors (Lipinski definition) is 3. The summed E-state index contributed by atoms with van der Waals surface area (Å²) < 4.78 is 11.3. The third-order valence-electron chi connectivity index (χ3n) is 8.04. The zero-order valence-corrected chi connectivity index (χ0v) is 22.8. The van der Waals surface area contributed by atoms with Crippen LogP contribution in [0.2, 0.25) is 0 Å². The van der Waals surface area contributed by atoms with Gasteiger partial charge >= 0.3 is 0 Å². The van der Waals surface area contributed by atoms with Gasteiger partial charge in [0.15, 0.2) is 11.5 Å². The Bertz CT molecular complexity index is 1360. The Kier molecular flexibility index (Phi) is 8.24. The summed E-state index contributed by atoms with van der Waals surface area (Å²) in [6.45, 7) is 1.92. The number of phenolic OH excluding ortho intramolecular Hbond substituents is 2. The Labute approximate surface area is 233 Å². The van der Waals surface area contributed by atoms with E-state index in [9.17, 15) is 15.0 Å². The first-order chi connectivity index (χ1) is 19.3. The van der Waals surface area contributed by atoms with Crippen molar-refractivity contribution in [2.24, 2.45) is 0 Å². The molecular weight excluding hydrogens is 510 g/mol. The third kappa shape index (κ3) is 6.22. The Morgan fingerprint density at radius 3 is 2.42 bits per heavy atom. The number of likely N-dealkylation sites (tertiary alicyclic amines) is 1. The van der Waals surface area contributed by atoms with Gasteiger partial charge in [-0.05, 0) is 76.9 Å². The van der Waals surface area contributed by atoms with Crippen LogP contribution in [-0.2, 0) is 0 Å². The van der Waals surface area contributed by atoms with Gasteiger partial charge in [-0.25, -0.2) is 0 Å². The first kappa shape index (κ1) is 27.5. The monoisotopic (exact) mass is 545 g/mol. The van der Waals surface area contributed by atoms with Crippen LogP contribution in [0.3, 0.4) is 0 Å². The topological polar surface area (TPSA) is 135 Å². The number of carbonyl (C=O) groups is 1. The van der Waals surface area contributed by atoms with E-state index >= 15 is 0 Å². The summed E-state index contributed by atoms with van der Waals surface area (Å²) in [7, 11) is 4.32. The zero-order valence-electron chi connectivity index (χ0n) is 22.8. The molecule has 0 unspecified atom stereocenters. The maximum atomic E-state index is 13.0. The number of amides is 1. The van der Waals surface area contributed by atoms with Crippen molar-refractivity contribution in [2.75, 3.05) is 27.2 Å². The lowest BCUT2D eigenvalue weighted by Gasteiger charge is -2.42. The summed E-state index contributed by atoms with van der Waals surface area (Å²) in [5.74, 6) is -0.225. The van der Waals surface area contributed by atoms with Crippen LogP contribution in [0.15, 0.2) is 47.0 Å². The normalized spacial score (nSPS) is 20.2. The molecule has 10 nitrogen and oxygen atoms in total. The molecule has 1 saturated carbocycles. The van der Waals surface area contributed by atoms with Crippen molar-refractivity contribution in [3.63, 3.8) is 0 Å². The number of hydrogen-bond acceptors (Lipinski definition) is 9. The maximum absolute atomic E-state index is 13.0. The van der Waals surface area contributed by atoms with Crippen molar-refractivity contribution in [1.29, 1.82) is 5.26 Å². The number of ether oxygens (including phenoxy) is 1. The minimum Gasteiger partial charge on any atom is -0.508 e. The van der Waals surface area contributed by atoms with E-state index in [-0.39, 0.29) is 46.2 Å². The fourth-order valence-corrected chi connectivity index (χ4v) is 5.75. The number of nitrogens with one attached hydrogen (secondary N) is 1. The van der Waals surface area contributed by atoms with Gasteiger partial charge in [-0.3, -0.25) is 4.79 Å². The highest BCUT2D eigenvalue weighted by atomic mass is 16.5. The SMILES string of the molecule is CN(C)C1CCC(N2CCC(NC(=O)c3cc(-c4c(O)cc(O)cc4Oc4ccc(C#N)cc4)on3)CC2)CC1. The summed E-state index contributed by atoms with van der Waals surface area (Å²) in [6, 6.07) is 13.7. The van der Waals surface area contributed by atoms with Crippen LogP contribution < -0.4 is 10.1 Å². The van der Waals surface area contributed by atoms with Crippen molar-refractivity contribution < 1.29 is 24.3 Å². The van der Waals surface area contributed by atoms with Crippen LogP contribution in [0.25, 0.3) is 11.3 Å². The fourth-order valence-electron chi connectivity index (χ4n) is 5.75. The van der Waals surface area contributed by atoms with Gasteiger partial charge in [0.25, 0.3) is 5.91 Å². The van der Waals surface area contributed by atoms with Gasteiger partial charge in [0, 0.05) is 49.4 Å². The molecule has 210 valence electrons. The molecule has 5 rings (SSSR count). The number of phenols is 2. The van der Waals surface area contributed by atoms with Gasteiger partial charge in [0.05, 0.1) is 11.6 Å². The van der Waals surface area contributed by atoms with Crippen LogP contribution in [0.4, 0.5) is 0 Å². The van der Waals surface area contributed by atoms with E-state index in [4.69, 9.17) is 14.5 Å². The van der Waals surface area contributed by atoms with Crippen molar-refractivity contribution in [3.8, 4) is 40.4 Å². The molecule has 1 aliphatic carbocycles. The molecule has 2 aromatic carbocycles. The van der Waals surface area contributed by atoms with Crippen molar-refractivity contribution in [3.05, 3.63) is 53.7 Å². The number of benzene rings is 2. The highest BCUT2D eigenvalue weighted by Gasteiger charge is 2.30. The number of nitriles is 1. The van der Waals surface area contributed by atoms with Gasteiger partial charge in [-0.2, -0.15) is 5.26 Å². The zero-order chi connectivity index (χ0) is 28.2. The lowest BCUT2D eigenvalue weighted by Crippen LogP contribution is -2.49. The predicted molar refractivity (Wildman–Crippen MR) is 148 cm³/mol. The van der Waals surface area contributed by atoms with Crippen molar-refractivity contribution in [1.82, 2.24) is 20.3 Å². The fraction of sp³-hybridized carbons (Fsp3) is 0.433. The predicted octanol–water partition coefficient (Wildman–Crippen LogP) is 4.48. The molecular formula is C30H35N5O5. The molecule has 0 spiro atoms. The van der Waals surface area contributed by atoms with E-state index < -0.39 is 0 Å². The molecule has 2 fully saturated rings. The number of nitrogens with zero attached hydrogens (tertiary/aromatic N) is 4. The van der Waals surface area contributed by atoms with Gasteiger partial charge < -0.3 is 34.6 Å². The number of aromatic hydroxyl groups is 2. The molecule has 40 heavy (non-hydrogen) atoms. The number of aromatic nitrogens is 1. The summed E-state index contributed by atoms with van der Waals surface area (Å²) >= 11 is 0. The molecule has 1 amide bonds. The average Bonchev–Trinajstić information content (AvgIpc) is 3.43. The quantitative estimate of drug-likeness (QED) is 0.393. The first-order valence-corrected chi connectivity index (χ1v) is 13.7. The molecule has 3 N–H and O–H groups in total. The summed E-state index contributed by atoms with van der Waals surface area (Å²) in [5.41, 5.74) is 0.706. The summed E-state index contributed by atoms with van der Waals surface area (Å²) in [4.78, 5) is 17.9. The second-order valence-electron chi connectivity index (χ2n) is 10.9. The Balaban J connectivity index is 1.21. The standard InChI is InChI=1S/C30H35N5O5/c1-34(2)21-5-7-22(8-6-21)35-13-11-20(12-14-35)32-30(38)25-17-28(40-33-25)29-26(37)15-23(36)16-27(29)39-24-9-3-19(18-31)4-10-24/h3-4,9-10,15-17,20-22,36-37H,5-8,11-14H2,1-2H3,(H,32,38). The van der Waals surface area contributed by atoms with Crippen LogP contribution in [-0.4, -0.2) is 76.4 Å². The van der Waals surface area contributed by atoms with Crippen LogP contribution in [0.5, 0.6) is 23.0 Å². The first-order valence-electron chi connectivity index (χ1n) is 13.7. The molecule has 0 radical (unpaired) electrons. The third-order valence-corrected chi connectivity index (χ3v) is 8.04. The van der Waals surface area contributed by atoms with Crippen LogP contribution in [0, 0.1) is 11.3 Å². The van der Waals surface area contributed by atoms with Gasteiger partial charge in [0.2, 0.25) is 0 Å². The molecule has 10 heteroatoms. The smallest absolute Gasteiger partial charge is 0.273 e. The molecule has 1 aromatic heterocycles. The van der Waals surface area contributed by atoms with E-state index in [1.165, 1.54) is 37.8 Å². The summed E-state index contributed by atoms with van der Waals surface area (Å²) in [5, 5.41) is 36.7. The molecule has 2 aliphatic rings. The number of carbonyl (C=O) groups excluding carboxylic acids is 1. The van der Waals surface area contributed by atoms with Crippen molar-refractivity contribution in [2.45, 2.75) is 56.7 Å². The van der Waals surface area contributed by atoms with Gasteiger partial charge in [-0.1, -0.05) is 5.16 Å². The van der Waals surface area contributed by atoms with E-state index in [0.29, 0.717) is 23.4 Å². The molecule has 0 bridgehead atoms. The Morgan fingerprint density at radius 2 is 1.77 bits per heavy atom. The second kappa shape index (κ2) is 12.0. The van der Waals surface area contributed by atoms with Gasteiger partial charge in [0.1, 0.15) is 28.6 Å². The average molecular weight is 546 g/mol. The molecule has 1 aliphatic heterocycles. The van der Waals surface area contributed by atoms with E-state index in [1.807, 2.05) is 6.07 Å². The summed E-state index contributed by atoms with van der Waals surface area (Å²) in [6.07, 6.45) is 6.68. The number of piperidine rings is 1. The van der Waals surface area contributed by atoms with Crippen LogP contribution >= 0.6 is 0 Å². The molecule has 0 atom stereocenters. The lowest BCUT2D eigenvalue weighted by molar-refractivity contribution is 0.0799. The van der Waals surface area contributed by atoms with E-state index in [0.717, 1.165) is 32.0 Å². The van der Waals surface area contributed by atoms with Crippen LogP contribution in [0.1, 0.15) is 54.6 Å². The lowest BCUT2D eigenvalue weighted by atomic mass is 9.88. The second-order valence-corrected chi connectivity index (χ2v) is 10.9. The Hall–Kier alpha value is -4.07. The Morgan fingerprint density at radius 1 is 1.07 bits per heavy atom. The minimum absolute atomic E-state index is 0.0550. The van der Waals surface area contributed by atoms with E-state index in [2.05, 4.69) is 34.4 Å². The highest BCUT2D eigenvalue weighted by Crippen LogP contribution is 2.43. The van der Waals surface area contributed by atoms with Gasteiger partial charge in [-0.15, -0.1) is 0 Å². The minimum atomic E-state index is -0.340.